The molecule has 0 aliphatic rings. The number of rotatable bonds is 6. The lowest BCUT2D eigenvalue weighted by molar-refractivity contribution is 0.627. The summed E-state index contributed by atoms with van der Waals surface area (Å²) in [5, 5.41) is 4.47. The van der Waals surface area contributed by atoms with E-state index in [0.29, 0.717) is 6.42 Å². The highest BCUT2D eigenvalue weighted by atomic mass is 32.2. The highest BCUT2D eigenvalue weighted by Gasteiger charge is 2.01. The highest BCUT2D eigenvalue weighted by molar-refractivity contribution is 7.80. The third-order valence-corrected chi connectivity index (χ3v) is 3.04. The lowest BCUT2D eigenvalue weighted by Gasteiger charge is -2.10. The molecular formula is C12H16N2O2S2. The fourth-order valence-corrected chi connectivity index (χ4v) is 2.10. The molecule has 0 aliphatic heterocycles. The Balaban J connectivity index is 2.51. The summed E-state index contributed by atoms with van der Waals surface area (Å²) in [4.78, 5) is 0. The second-order valence-electron chi connectivity index (χ2n) is 3.82. The first-order valence-electron chi connectivity index (χ1n) is 5.65. The van der Waals surface area contributed by atoms with Gasteiger partial charge in [-0.25, -0.2) is 0 Å². The van der Waals surface area contributed by atoms with Gasteiger partial charge in [-0.15, -0.1) is 0 Å². The van der Waals surface area contributed by atoms with Crippen molar-refractivity contribution in [3.8, 4) is 0 Å². The number of aryl methyl sites for hydroxylation is 1. The van der Waals surface area contributed by atoms with Gasteiger partial charge < -0.3 is 11.1 Å². The maximum Gasteiger partial charge on any atom is 0.209 e. The lowest BCUT2D eigenvalue weighted by atomic mass is 10.1. The highest BCUT2D eigenvalue weighted by Crippen LogP contribution is 2.17. The average Bonchev–Trinajstić information content (AvgIpc) is 2.29. The first kappa shape index (κ1) is 14.7. The number of benzene rings is 1. The van der Waals surface area contributed by atoms with E-state index < -0.39 is 10.3 Å². The molecule has 1 aromatic rings. The van der Waals surface area contributed by atoms with Crippen molar-refractivity contribution in [2.24, 2.45) is 5.73 Å². The van der Waals surface area contributed by atoms with E-state index in [2.05, 4.69) is 5.32 Å². The molecule has 0 amide bonds. The van der Waals surface area contributed by atoms with E-state index in [1.54, 1.807) is 0 Å². The van der Waals surface area contributed by atoms with Crippen LogP contribution in [0.3, 0.4) is 0 Å². The SMILES string of the molecule is NC(=S)Nc1ccccc1CCCCC=S(=O)=O. The molecule has 4 nitrogen and oxygen atoms in total. The predicted octanol–water partition coefficient (Wildman–Crippen LogP) is 1.74. The standard InChI is InChI=1S/C12H16N2O2S2/c13-12(17)14-11-8-4-3-7-10(11)6-2-1-5-9-18(15)16/h3-4,7-9H,1-2,5-6H2,(H3,13,14,17). The minimum atomic E-state index is -2.05. The lowest BCUT2D eigenvalue weighted by Crippen LogP contribution is -2.19. The Morgan fingerprint density at radius 2 is 2.06 bits per heavy atom. The topological polar surface area (TPSA) is 72.2 Å². The summed E-state index contributed by atoms with van der Waals surface area (Å²) in [6.45, 7) is 0. The second kappa shape index (κ2) is 7.84. The predicted molar refractivity (Wildman–Crippen MR) is 79.4 cm³/mol. The Kier molecular flexibility index (Phi) is 6.38. The molecule has 0 atom stereocenters. The molecule has 1 aromatic carbocycles. The summed E-state index contributed by atoms with van der Waals surface area (Å²) in [6.07, 6.45) is 3.21. The molecule has 0 radical (unpaired) electrons. The minimum absolute atomic E-state index is 0.248. The van der Waals surface area contributed by atoms with Crippen molar-refractivity contribution in [1.82, 2.24) is 0 Å². The van der Waals surface area contributed by atoms with Crippen LogP contribution < -0.4 is 11.1 Å². The molecule has 0 aromatic heterocycles. The van der Waals surface area contributed by atoms with Crippen LogP contribution in [-0.2, 0) is 16.7 Å². The van der Waals surface area contributed by atoms with E-state index in [9.17, 15) is 8.42 Å². The Morgan fingerprint density at radius 1 is 1.33 bits per heavy atom. The average molecular weight is 284 g/mol. The number of nitrogens with one attached hydrogen (secondary N) is 1. The molecule has 0 unspecified atom stereocenters. The zero-order valence-electron chi connectivity index (χ0n) is 9.93. The van der Waals surface area contributed by atoms with Gasteiger partial charge in [0.25, 0.3) is 0 Å². The van der Waals surface area contributed by atoms with Crippen molar-refractivity contribution in [3.63, 3.8) is 0 Å². The van der Waals surface area contributed by atoms with E-state index in [4.69, 9.17) is 18.0 Å². The summed E-state index contributed by atoms with van der Waals surface area (Å²) < 4.78 is 20.6. The Hall–Kier alpha value is -1.40. The van der Waals surface area contributed by atoms with Crippen molar-refractivity contribution in [1.29, 1.82) is 0 Å². The van der Waals surface area contributed by atoms with Crippen molar-refractivity contribution >= 4 is 38.7 Å². The van der Waals surface area contributed by atoms with Crippen LogP contribution in [0.4, 0.5) is 5.69 Å². The number of nitrogens with two attached hydrogens (primary N) is 1. The van der Waals surface area contributed by atoms with Gasteiger partial charge in [-0.1, -0.05) is 18.2 Å². The fraction of sp³-hybridized carbons (Fsp3) is 0.333. The molecule has 3 N–H and O–H groups in total. The summed E-state index contributed by atoms with van der Waals surface area (Å²) in [5.74, 6) is 0. The van der Waals surface area contributed by atoms with Crippen LogP contribution in [-0.4, -0.2) is 18.9 Å². The van der Waals surface area contributed by atoms with Gasteiger partial charge in [-0.2, -0.15) is 8.42 Å². The molecule has 6 heteroatoms. The van der Waals surface area contributed by atoms with Gasteiger partial charge in [0.05, 0.1) is 0 Å². The number of thiocarbonyl (C=S) groups is 1. The summed E-state index contributed by atoms with van der Waals surface area (Å²) in [7, 11) is -2.05. The van der Waals surface area contributed by atoms with Gasteiger partial charge in [0.1, 0.15) is 0 Å². The zero-order chi connectivity index (χ0) is 13.4. The van der Waals surface area contributed by atoms with Crippen LogP contribution in [0.5, 0.6) is 0 Å². The number of hydrogen-bond donors (Lipinski definition) is 2. The molecule has 0 spiro atoms. The smallest absolute Gasteiger partial charge is 0.209 e. The maximum atomic E-state index is 10.3. The Bertz CT molecular complexity index is 531. The van der Waals surface area contributed by atoms with E-state index in [-0.39, 0.29) is 5.11 Å². The minimum Gasteiger partial charge on any atom is -0.376 e. The normalized spacial score (nSPS) is 9.78. The van der Waals surface area contributed by atoms with Gasteiger partial charge in [0, 0.05) is 11.1 Å². The van der Waals surface area contributed by atoms with Gasteiger partial charge in [0.15, 0.2) is 5.11 Å². The molecular weight excluding hydrogens is 268 g/mol. The summed E-state index contributed by atoms with van der Waals surface area (Å²) >= 11 is 4.81. The van der Waals surface area contributed by atoms with Crippen molar-refractivity contribution in [2.75, 3.05) is 5.32 Å². The molecule has 0 saturated carbocycles. The first-order chi connectivity index (χ1) is 8.59. The fourth-order valence-electron chi connectivity index (χ4n) is 1.63. The van der Waals surface area contributed by atoms with Crippen LogP contribution in [0.15, 0.2) is 24.3 Å². The number of anilines is 1. The van der Waals surface area contributed by atoms with Crippen LogP contribution in [0.25, 0.3) is 0 Å². The molecule has 0 fully saturated rings. The molecule has 1 rings (SSSR count). The third-order valence-electron chi connectivity index (χ3n) is 2.43. The van der Waals surface area contributed by atoms with Gasteiger partial charge in [0.2, 0.25) is 10.3 Å². The molecule has 0 aliphatic carbocycles. The van der Waals surface area contributed by atoms with Crippen molar-refractivity contribution in [3.05, 3.63) is 29.8 Å². The third kappa shape index (κ3) is 5.79. The Labute approximate surface area is 114 Å². The van der Waals surface area contributed by atoms with Gasteiger partial charge in [-0.3, -0.25) is 0 Å². The second-order valence-corrected chi connectivity index (χ2v) is 5.11. The van der Waals surface area contributed by atoms with Crippen LogP contribution >= 0.6 is 12.2 Å². The van der Waals surface area contributed by atoms with Crippen molar-refractivity contribution in [2.45, 2.75) is 25.7 Å². The maximum absolute atomic E-state index is 10.3. The van der Waals surface area contributed by atoms with E-state index >= 15 is 0 Å². The monoisotopic (exact) mass is 284 g/mol. The summed E-state index contributed by atoms with van der Waals surface area (Å²) in [5.41, 5.74) is 7.50. The van der Waals surface area contributed by atoms with E-state index in [0.717, 1.165) is 30.5 Å². The summed E-state index contributed by atoms with van der Waals surface area (Å²) in [6, 6.07) is 7.81. The molecule has 0 bridgehead atoms. The van der Waals surface area contributed by atoms with Crippen LogP contribution in [0, 0.1) is 0 Å². The van der Waals surface area contributed by atoms with Gasteiger partial charge in [-0.05, 0) is 49.5 Å². The molecule has 18 heavy (non-hydrogen) atoms. The zero-order valence-corrected chi connectivity index (χ0v) is 11.6. The molecule has 0 saturated heterocycles. The first-order valence-corrected chi connectivity index (χ1v) is 7.20. The molecule has 98 valence electrons. The number of para-hydroxylation sites is 1. The van der Waals surface area contributed by atoms with Crippen LogP contribution in [0.1, 0.15) is 24.8 Å². The number of unbranched alkanes of at least 4 members (excludes halogenated alkanes) is 2. The quantitative estimate of drug-likeness (QED) is 0.615. The van der Waals surface area contributed by atoms with Crippen LogP contribution in [0.2, 0.25) is 0 Å². The Morgan fingerprint density at radius 3 is 2.72 bits per heavy atom. The van der Waals surface area contributed by atoms with E-state index in [1.165, 1.54) is 5.37 Å². The largest absolute Gasteiger partial charge is 0.376 e. The van der Waals surface area contributed by atoms with E-state index in [1.807, 2.05) is 24.3 Å². The van der Waals surface area contributed by atoms with Gasteiger partial charge >= 0.3 is 0 Å². The molecule has 0 heterocycles. The number of hydrogen-bond acceptors (Lipinski definition) is 3. The van der Waals surface area contributed by atoms with Crippen molar-refractivity contribution < 1.29 is 8.42 Å².